The van der Waals surface area contributed by atoms with E-state index in [1.165, 1.54) is 10.8 Å². The molecular formula is C5H5Ge. The van der Waals surface area contributed by atoms with Gasteiger partial charge in [-0.25, -0.2) is 0 Å². The molecule has 0 aromatic rings. The Morgan fingerprint density at radius 2 is 2.50 bits per heavy atom. The zero-order chi connectivity index (χ0) is 4.41. The molecule has 0 aromatic heterocycles. The van der Waals surface area contributed by atoms with E-state index >= 15 is 0 Å². The standard InChI is InChI=1S/C5H5Ge/c6-5-3-1-2-4-5/h1-3H,4H2. The predicted octanol–water partition coefficient (Wildman–Crippen LogP) is 0.999. The van der Waals surface area contributed by atoms with Gasteiger partial charge in [-0.3, -0.25) is 0 Å². The minimum absolute atomic E-state index is 1.17. The zero-order valence-corrected chi connectivity index (χ0v) is 5.54. The van der Waals surface area contributed by atoms with Gasteiger partial charge in [-0.15, -0.1) is 0 Å². The molecule has 3 radical (unpaired) electrons. The van der Waals surface area contributed by atoms with Gasteiger partial charge in [0.1, 0.15) is 0 Å². The minimum atomic E-state index is 1.17. The summed E-state index contributed by atoms with van der Waals surface area (Å²) in [5.41, 5.74) is 0. The molecule has 0 aromatic carbocycles. The maximum atomic E-state index is 2.16. The van der Waals surface area contributed by atoms with Gasteiger partial charge in [-0.1, -0.05) is 0 Å². The Labute approximate surface area is 46.2 Å². The average Bonchev–Trinajstić information content (AvgIpc) is 1.86. The van der Waals surface area contributed by atoms with E-state index in [0.717, 1.165) is 0 Å². The third kappa shape index (κ3) is 0.745. The average molecular weight is 138 g/mol. The molecular weight excluding hydrogens is 133 g/mol. The van der Waals surface area contributed by atoms with Crippen LogP contribution >= 0.6 is 0 Å². The van der Waals surface area contributed by atoms with Crippen molar-refractivity contribution < 1.29 is 0 Å². The van der Waals surface area contributed by atoms with Crippen LogP contribution in [-0.2, 0) is 0 Å². The van der Waals surface area contributed by atoms with Crippen molar-refractivity contribution in [1.82, 2.24) is 0 Å². The Hall–Kier alpha value is 0.0229. The molecule has 6 heavy (non-hydrogen) atoms. The van der Waals surface area contributed by atoms with Crippen LogP contribution < -0.4 is 0 Å². The van der Waals surface area contributed by atoms with Gasteiger partial charge in [0, 0.05) is 0 Å². The van der Waals surface area contributed by atoms with Gasteiger partial charge < -0.3 is 0 Å². The fraction of sp³-hybridized carbons (Fsp3) is 0.200. The van der Waals surface area contributed by atoms with Crippen LogP contribution in [0, 0.1) is 0 Å². The molecule has 0 spiro atoms. The molecule has 1 rings (SSSR count). The van der Waals surface area contributed by atoms with Crippen LogP contribution in [0.2, 0.25) is 0 Å². The van der Waals surface area contributed by atoms with Crippen molar-refractivity contribution in [3.63, 3.8) is 0 Å². The van der Waals surface area contributed by atoms with Gasteiger partial charge in [-0.05, 0) is 0 Å². The summed E-state index contributed by atoms with van der Waals surface area (Å²) in [7, 11) is 0. The van der Waals surface area contributed by atoms with E-state index in [0.29, 0.717) is 0 Å². The van der Waals surface area contributed by atoms with Gasteiger partial charge in [0.25, 0.3) is 0 Å². The molecule has 0 amide bonds. The Morgan fingerprint density at radius 1 is 1.67 bits per heavy atom. The van der Waals surface area contributed by atoms with Gasteiger partial charge in [0.15, 0.2) is 0 Å². The number of hydrogen-bond acceptors (Lipinski definition) is 0. The second-order valence-electron chi connectivity index (χ2n) is 1.32. The van der Waals surface area contributed by atoms with Gasteiger partial charge in [-0.2, -0.15) is 0 Å². The van der Waals surface area contributed by atoms with E-state index in [1.807, 2.05) is 0 Å². The molecule has 29 valence electrons. The predicted molar refractivity (Wildman–Crippen MR) is 27.6 cm³/mol. The van der Waals surface area contributed by atoms with Crippen molar-refractivity contribution >= 4 is 16.5 Å². The van der Waals surface area contributed by atoms with Gasteiger partial charge in [0.05, 0.1) is 0 Å². The van der Waals surface area contributed by atoms with E-state index in [4.69, 9.17) is 0 Å². The summed E-state index contributed by atoms with van der Waals surface area (Å²) in [6, 6.07) is 0. The van der Waals surface area contributed by atoms with Crippen molar-refractivity contribution in [2.24, 2.45) is 0 Å². The maximum absolute atomic E-state index is 2.16. The molecule has 0 saturated heterocycles. The molecule has 1 heteroatoms. The summed E-state index contributed by atoms with van der Waals surface area (Å²) < 4.78 is 1.47. The first-order valence-electron chi connectivity index (χ1n) is 1.97. The first-order chi connectivity index (χ1) is 2.89. The third-order valence-corrected chi connectivity index (χ3v) is 1.55. The second-order valence-corrected chi connectivity index (χ2v) is 2.67. The van der Waals surface area contributed by atoms with E-state index in [2.05, 4.69) is 34.7 Å². The van der Waals surface area contributed by atoms with E-state index < -0.39 is 0 Å². The van der Waals surface area contributed by atoms with Crippen LogP contribution in [-0.4, -0.2) is 16.5 Å². The SMILES string of the molecule is [Ge][C]1=CC=CC1. The Kier molecular flexibility index (Phi) is 1.15. The first kappa shape index (κ1) is 4.19. The molecule has 0 N–H and O–H groups in total. The summed E-state index contributed by atoms with van der Waals surface area (Å²) in [4.78, 5) is 0. The van der Waals surface area contributed by atoms with Crippen molar-refractivity contribution in [2.45, 2.75) is 6.42 Å². The molecule has 0 heterocycles. The van der Waals surface area contributed by atoms with E-state index in [9.17, 15) is 0 Å². The van der Waals surface area contributed by atoms with Crippen molar-refractivity contribution in [3.8, 4) is 0 Å². The van der Waals surface area contributed by atoms with E-state index in [-0.39, 0.29) is 0 Å². The molecule has 0 fully saturated rings. The topological polar surface area (TPSA) is 0 Å². The van der Waals surface area contributed by atoms with Crippen molar-refractivity contribution in [2.75, 3.05) is 0 Å². The first-order valence-corrected chi connectivity index (χ1v) is 3.02. The summed E-state index contributed by atoms with van der Waals surface area (Å²) in [5, 5.41) is 0. The molecule has 1 aliphatic rings. The quantitative estimate of drug-likeness (QED) is 0.437. The normalized spacial score (nSPS) is 18.5. The Bertz CT molecular complexity index is 101. The van der Waals surface area contributed by atoms with Crippen LogP contribution in [0.4, 0.5) is 0 Å². The molecule has 0 atom stereocenters. The fourth-order valence-electron chi connectivity index (χ4n) is 0.447. The van der Waals surface area contributed by atoms with Crippen LogP contribution in [0.15, 0.2) is 22.6 Å². The van der Waals surface area contributed by atoms with Crippen molar-refractivity contribution in [1.29, 1.82) is 0 Å². The van der Waals surface area contributed by atoms with Crippen LogP contribution in [0.25, 0.3) is 0 Å². The number of hydrogen-bond donors (Lipinski definition) is 0. The summed E-state index contributed by atoms with van der Waals surface area (Å²) in [5.74, 6) is 0. The Morgan fingerprint density at radius 3 is 2.67 bits per heavy atom. The van der Waals surface area contributed by atoms with Gasteiger partial charge >= 0.3 is 45.6 Å². The third-order valence-electron chi connectivity index (χ3n) is 0.771. The van der Waals surface area contributed by atoms with Gasteiger partial charge in [0.2, 0.25) is 0 Å². The van der Waals surface area contributed by atoms with Crippen molar-refractivity contribution in [3.05, 3.63) is 22.6 Å². The molecule has 0 saturated carbocycles. The number of rotatable bonds is 0. The summed E-state index contributed by atoms with van der Waals surface area (Å²) in [6.07, 6.45) is 7.56. The van der Waals surface area contributed by atoms with Crippen LogP contribution in [0.3, 0.4) is 0 Å². The monoisotopic (exact) mass is 139 g/mol. The molecule has 1 aliphatic carbocycles. The molecule has 0 nitrogen and oxygen atoms in total. The zero-order valence-electron chi connectivity index (χ0n) is 3.44. The Balaban J connectivity index is 2.61. The second kappa shape index (κ2) is 1.65. The number of allylic oxidation sites excluding steroid dienone is 4. The molecule has 0 unspecified atom stereocenters. The summed E-state index contributed by atoms with van der Waals surface area (Å²) in [6.45, 7) is 0. The molecule has 0 aliphatic heterocycles. The van der Waals surface area contributed by atoms with Crippen LogP contribution in [0.1, 0.15) is 6.42 Å². The molecule has 0 bridgehead atoms. The van der Waals surface area contributed by atoms with E-state index in [1.54, 1.807) is 0 Å². The fourth-order valence-corrected chi connectivity index (χ4v) is 0.896. The van der Waals surface area contributed by atoms with Crippen LogP contribution in [0.5, 0.6) is 0 Å². The summed E-state index contributed by atoms with van der Waals surface area (Å²) >= 11 is 2.14.